The van der Waals surface area contributed by atoms with Gasteiger partial charge >= 0.3 is 6.18 Å². The van der Waals surface area contributed by atoms with Gasteiger partial charge < -0.3 is 5.11 Å². The van der Waals surface area contributed by atoms with Crippen LogP contribution in [-0.4, -0.2) is 25.9 Å². The van der Waals surface area contributed by atoms with E-state index in [2.05, 4.69) is 20.5 Å². The average Bonchev–Trinajstić information content (AvgIpc) is 3.31. The second kappa shape index (κ2) is 8.27. The number of halogens is 3. The van der Waals surface area contributed by atoms with E-state index in [-0.39, 0.29) is 16.6 Å². The number of hydrogen-bond acceptors (Lipinski definition) is 7. The van der Waals surface area contributed by atoms with E-state index in [9.17, 15) is 23.1 Å². The molecule has 0 fully saturated rings. The Labute approximate surface area is 193 Å². The number of aromatic nitrogens is 3. The molecule has 3 heterocycles. The maximum Gasteiger partial charge on any atom is 0.416 e. The Kier molecular flexibility index (Phi) is 5.25. The van der Waals surface area contributed by atoms with E-state index in [1.807, 2.05) is 11.4 Å². The summed E-state index contributed by atoms with van der Waals surface area (Å²) in [6.45, 7) is 0. The minimum Gasteiger partial charge on any atom is -0.494 e. The summed E-state index contributed by atoms with van der Waals surface area (Å²) >= 11 is 1.44. The summed E-state index contributed by atoms with van der Waals surface area (Å²) in [4.78, 5) is 22.2. The summed E-state index contributed by atoms with van der Waals surface area (Å²) in [5, 5.41) is 18.4. The number of nitrogens with zero attached hydrogens (tertiary/aromatic N) is 4. The van der Waals surface area contributed by atoms with E-state index >= 15 is 0 Å². The second-order valence-corrected chi connectivity index (χ2v) is 8.10. The largest absolute Gasteiger partial charge is 0.494 e. The van der Waals surface area contributed by atoms with Gasteiger partial charge in [-0.05, 0) is 35.7 Å². The molecular formula is C23H14F3N5O2S. The van der Waals surface area contributed by atoms with Gasteiger partial charge in [0.05, 0.1) is 28.4 Å². The number of thiophene rings is 1. The van der Waals surface area contributed by atoms with Crippen LogP contribution >= 0.6 is 11.3 Å². The molecule has 7 nitrogen and oxygen atoms in total. The Hall–Kier alpha value is -4.25. The van der Waals surface area contributed by atoms with Crippen molar-refractivity contribution in [3.8, 4) is 11.6 Å². The molecule has 5 rings (SSSR count). The lowest BCUT2D eigenvalue weighted by Gasteiger charge is -2.15. The number of pyridine rings is 1. The highest BCUT2D eigenvalue weighted by Crippen LogP contribution is 2.32. The molecule has 0 saturated carbocycles. The van der Waals surface area contributed by atoms with Crippen molar-refractivity contribution in [1.82, 2.24) is 14.5 Å². The molecule has 11 heteroatoms. The lowest BCUT2D eigenvalue weighted by Crippen LogP contribution is -2.20. The third kappa shape index (κ3) is 3.75. The van der Waals surface area contributed by atoms with Gasteiger partial charge in [-0.1, -0.05) is 24.3 Å². The smallest absolute Gasteiger partial charge is 0.416 e. The highest BCUT2D eigenvalue weighted by Gasteiger charge is 2.31. The lowest BCUT2D eigenvalue weighted by molar-refractivity contribution is -0.137. The molecule has 0 atom stereocenters. The first-order valence-electron chi connectivity index (χ1n) is 9.86. The van der Waals surface area contributed by atoms with Crippen molar-refractivity contribution in [3.05, 3.63) is 87.8 Å². The van der Waals surface area contributed by atoms with Crippen LogP contribution in [0.25, 0.3) is 26.7 Å². The summed E-state index contributed by atoms with van der Waals surface area (Å²) in [7, 11) is 0. The predicted octanol–water partition coefficient (Wildman–Crippen LogP) is 5.17. The zero-order chi connectivity index (χ0) is 23.9. The van der Waals surface area contributed by atoms with Crippen molar-refractivity contribution in [2.24, 2.45) is 5.10 Å². The standard InChI is InChI=1S/C23H14F3N5O2S/c24-23(25,26)13-4-3-5-14(10-13)31-21(32)16-7-2-1-6-15(16)18(22(31)33)11-29-30-19-17-8-9-34-20(17)28-12-27-19/h1-12,33H,(H,27,28,30)/b29-11+. The van der Waals surface area contributed by atoms with Crippen LogP contribution in [0.5, 0.6) is 5.88 Å². The maximum atomic E-state index is 13.2. The van der Waals surface area contributed by atoms with Crippen molar-refractivity contribution < 1.29 is 18.3 Å². The number of benzene rings is 2. The molecule has 3 aromatic heterocycles. The maximum absolute atomic E-state index is 13.2. The normalized spacial score (nSPS) is 12.1. The first-order chi connectivity index (χ1) is 16.3. The Bertz CT molecular complexity index is 1630. The number of fused-ring (bicyclic) bond motifs is 2. The SMILES string of the molecule is O=c1c2ccccc2c(/C=N/Nc2ncnc3sccc23)c(O)n1-c1cccc(C(F)(F)F)c1. The Balaban J connectivity index is 1.65. The van der Waals surface area contributed by atoms with E-state index in [0.29, 0.717) is 11.2 Å². The van der Waals surface area contributed by atoms with E-state index in [0.717, 1.165) is 26.9 Å². The molecule has 0 saturated heterocycles. The van der Waals surface area contributed by atoms with E-state index in [1.165, 1.54) is 42.1 Å². The zero-order valence-electron chi connectivity index (χ0n) is 17.1. The first-order valence-corrected chi connectivity index (χ1v) is 10.7. The monoisotopic (exact) mass is 481 g/mol. The Morgan fingerprint density at radius 2 is 1.82 bits per heavy atom. The number of nitrogens with one attached hydrogen (secondary N) is 1. The first kappa shape index (κ1) is 21.6. The van der Waals surface area contributed by atoms with Crippen molar-refractivity contribution in [2.45, 2.75) is 6.18 Å². The molecule has 2 aromatic carbocycles. The minimum atomic E-state index is -4.61. The van der Waals surface area contributed by atoms with Gasteiger partial charge in [0.1, 0.15) is 11.2 Å². The number of alkyl halides is 3. The van der Waals surface area contributed by atoms with E-state index in [1.54, 1.807) is 18.2 Å². The quantitative estimate of drug-likeness (QED) is 0.273. The molecule has 5 aromatic rings. The topological polar surface area (TPSA) is 92.4 Å². The van der Waals surface area contributed by atoms with E-state index < -0.39 is 23.2 Å². The third-order valence-electron chi connectivity index (χ3n) is 5.16. The minimum absolute atomic E-state index is 0.124. The molecule has 0 aliphatic rings. The van der Waals surface area contributed by atoms with Crippen LogP contribution in [0.2, 0.25) is 0 Å². The second-order valence-electron chi connectivity index (χ2n) is 7.20. The summed E-state index contributed by atoms with van der Waals surface area (Å²) < 4.78 is 40.6. The number of hydrogen-bond donors (Lipinski definition) is 2. The predicted molar refractivity (Wildman–Crippen MR) is 125 cm³/mol. The summed E-state index contributed by atoms with van der Waals surface area (Å²) in [5.74, 6) is -0.102. The summed E-state index contributed by atoms with van der Waals surface area (Å²) in [6, 6.07) is 12.5. The number of aromatic hydroxyl groups is 1. The molecule has 170 valence electrons. The zero-order valence-corrected chi connectivity index (χ0v) is 17.9. The lowest BCUT2D eigenvalue weighted by atomic mass is 10.1. The molecule has 34 heavy (non-hydrogen) atoms. The van der Waals surface area contributed by atoms with Gasteiger partial charge in [-0.25, -0.2) is 14.5 Å². The Morgan fingerprint density at radius 1 is 1.03 bits per heavy atom. The van der Waals surface area contributed by atoms with Crippen molar-refractivity contribution in [2.75, 3.05) is 5.43 Å². The highest BCUT2D eigenvalue weighted by atomic mass is 32.1. The van der Waals surface area contributed by atoms with Gasteiger partial charge in [0.2, 0.25) is 5.88 Å². The molecule has 0 spiro atoms. The number of anilines is 1. The molecule has 0 aliphatic carbocycles. The van der Waals surface area contributed by atoms with Crippen LogP contribution < -0.4 is 11.0 Å². The van der Waals surface area contributed by atoms with Crippen LogP contribution in [0.4, 0.5) is 19.0 Å². The van der Waals surface area contributed by atoms with Crippen molar-refractivity contribution >= 4 is 44.4 Å². The van der Waals surface area contributed by atoms with Gasteiger partial charge in [0.25, 0.3) is 5.56 Å². The Morgan fingerprint density at radius 3 is 2.62 bits per heavy atom. The van der Waals surface area contributed by atoms with Crippen LogP contribution in [0.3, 0.4) is 0 Å². The van der Waals surface area contributed by atoms with Crippen LogP contribution in [0, 0.1) is 0 Å². The molecular weight excluding hydrogens is 467 g/mol. The summed E-state index contributed by atoms with van der Waals surface area (Å²) in [5.41, 5.74) is 1.22. The average molecular weight is 481 g/mol. The van der Waals surface area contributed by atoms with Gasteiger partial charge in [-0.2, -0.15) is 18.3 Å². The molecule has 0 unspecified atom stereocenters. The molecule has 0 amide bonds. The molecule has 0 bridgehead atoms. The molecule has 0 aliphatic heterocycles. The third-order valence-corrected chi connectivity index (χ3v) is 5.98. The molecule has 0 radical (unpaired) electrons. The van der Waals surface area contributed by atoms with E-state index in [4.69, 9.17) is 0 Å². The fourth-order valence-corrected chi connectivity index (χ4v) is 4.32. The van der Waals surface area contributed by atoms with Gasteiger partial charge in [0.15, 0.2) is 5.82 Å². The van der Waals surface area contributed by atoms with Gasteiger partial charge in [-0.3, -0.25) is 10.2 Å². The van der Waals surface area contributed by atoms with Crippen LogP contribution in [0.15, 0.2) is 76.2 Å². The van der Waals surface area contributed by atoms with Crippen molar-refractivity contribution in [3.63, 3.8) is 0 Å². The fraction of sp³-hybridized carbons (Fsp3) is 0.0435. The van der Waals surface area contributed by atoms with Crippen molar-refractivity contribution in [1.29, 1.82) is 0 Å². The van der Waals surface area contributed by atoms with Gasteiger partial charge in [-0.15, -0.1) is 11.3 Å². The highest BCUT2D eigenvalue weighted by molar-refractivity contribution is 7.16. The number of rotatable bonds is 4. The molecule has 2 N–H and O–H groups in total. The van der Waals surface area contributed by atoms with Crippen LogP contribution in [-0.2, 0) is 6.18 Å². The summed E-state index contributed by atoms with van der Waals surface area (Å²) in [6.07, 6.45) is -1.93. The van der Waals surface area contributed by atoms with Crippen LogP contribution in [0.1, 0.15) is 11.1 Å². The van der Waals surface area contributed by atoms with Gasteiger partial charge in [0, 0.05) is 10.8 Å². The number of hydrazone groups is 1. The fourth-order valence-electron chi connectivity index (χ4n) is 3.59.